The molecule has 1 aliphatic rings. The zero-order valence-corrected chi connectivity index (χ0v) is 10.5. The Balaban J connectivity index is 2.07. The van der Waals surface area contributed by atoms with Crippen LogP contribution in [0.15, 0.2) is 6.20 Å². The monoisotopic (exact) mass is 255 g/mol. The minimum Gasteiger partial charge on any atom is -0.374 e. The fourth-order valence-electron chi connectivity index (χ4n) is 1.99. The molecule has 1 unspecified atom stereocenters. The molecule has 0 aromatic carbocycles. The Morgan fingerprint density at radius 3 is 3.17 bits per heavy atom. The number of hydrogen-bond acceptors (Lipinski definition) is 6. The molecule has 0 amide bonds. The largest absolute Gasteiger partial charge is 0.374 e. The lowest BCUT2D eigenvalue weighted by Crippen LogP contribution is -2.44. The maximum Gasteiger partial charge on any atom is 0.330 e. The van der Waals surface area contributed by atoms with Crippen molar-refractivity contribution >= 4 is 11.5 Å². The molecule has 8 heteroatoms. The molecule has 100 valence electrons. The van der Waals surface area contributed by atoms with E-state index in [2.05, 4.69) is 10.4 Å². The van der Waals surface area contributed by atoms with Gasteiger partial charge in [0.05, 0.1) is 17.6 Å². The lowest BCUT2D eigenvalue weighted by Gasteiger charge is -2.27. The van der Waals surface area contributed by atoms with Crippen LogP contribution in [0.3, 0.4) is 0 Å². The number of aryl methyl sites for hydroxylation is 1. The molecule has 2 heterocycles. The Morgan fingerprint density at radius 1 is 1.78 bits per heavy atom. The highest BCUT2D eigenvalue weighted by atomic mass is 16.6. The van der Waals surface area contributed by atoms with E-state index in [1.54, 1.807) is 19.0 Å². The van der Waals surface area contributed by atoms with Gasteiger partial charge in [0.2, 0.25) is 5.82 Å². The normalized spacial score (nSPS) is 19.8. The van der Waals surface area contributed by atoms with Crippen LogP contribution in [0.5, 0.6) is 0 Å². The standard InChI is InChI=1S/C10H17N5O3/c1-13(6-8-5-11-3-4-18-8)10-9(15(16)17)7-14(2)12-10/h7-8,11H,3-6H2,1-2H3. The number of anilines is 1. The van der Waals surface area contributed by atoms with Crippen molar-refractivity contribution in [3.05, 3.63) is 16.3 Å². The topological polar surface area (TPSA) is 85.5 Å². The summed E-state index contributed by atoms with van der Waals surface area (Å²) in [7, 11) is 3.45. The first-order valence-corrected chi connectivity index (χ1v) is 5.79. The number of aromatic nitrogens is 2. The zero-order valence-electron chi connectivity index (χ0n) is 10.5. The molecule has 0 bridgehead atoms. The van der Waals surface area contributed by atoms with Gasteiger partial charge in [0.25, 0.3) is 0 Å². The maximum atomic E-state index is 10.9. The molecule has 1 fully saturated rings. The summed E-state index contributed by atoms with van der Waals surface area (Å²) in [4.78, 5) is 12.3. The maximum absolute atomic E-state index is 10.9. The van der Waals surface area contributed by atoms with Crippen LogP contribution in [0.1, 0.15) is 0 Å². The Hall–Kier alpha value is -1.67. The molecule has 2 rings (SSSR count). The summed E-state index contributed by atoms with van der Waals surface area (Å²) >= 11 is 0. The van der Waals surface area contributed by atoms with Gasteiger partial charge in [-0.1, -0.05) is 0 Å². The molecule has 18 heavy (non-hydrogen) atoms. The van der Waals surface area contributed by atoms with Gasteiger partial charge >= 0.3 is 5.69 Å². The summed E-state index contributed by atoms with van der Waals surface area (Å²) in [6.07, 6.45) is 1.44. The van der Waals surface area contributed by atoms with E-state index in [1.165, 1.54) is 10.9 Å². The summed E-state index contributed by atoms with van der Waals surface area (Å²) in [6, 6.07) is 0. The lowest BCUT2D eigenvalue weighted by molar-refractivity contribution is -0.384. The molecular weight excluding hydrogens is 238 g/mol. The van der Waals surface area contributed by atoms with Crippen LogP contribution in [-0.4, -0.2) is 54.1 Å². The highest BCUT2D eigenvalue weighted by molar-refractivity contribution is 5.56. The van der Waals surface area contributed by atoms with E-state index in [0.29, 0.717) is 19.0 Å². The number of nitrogens with zero attached hydrogens (tertiary/aromatic N) is 4. The average Bonchev–Trinajstić information content (AvgIpc) is 2.73. The quantitative estimate of drug-likeness (QED) is 0.590. The van der Waals surface area contributed by atoms with E-state index < -0.39 is 4.92 Å². The van der Waals surface area contributed by atoms with Crippen LogP contribution in [0.25, 0.3) is 0 Å². The van der Waals surface area contributed by atoms with Crippen molar-refractivity contribution in [2.75, 3.05) is 38.2 Å². The third-order valence-corrected chi connectivity index (χ3v) is 2.83. The minimum atomic E-state index is -0.418. The van der Waals surface area contributed by atoms with E-state index in [9.17, 15) is 10.1 Å². The van der Waals surface area contributed by atoms with Crippen LogP contribution < -0.4 is 10.2 Å². The van der Waals surface area contributed by atoms with E-state index in [-0.39, 0.29) is 11.8 Å². The third kappa shape index (κ3) is 2.77. The molecule has 1 aromatic rings. The van der Waals surface area contributed by atoms with Gasteiger partial charge in [-0.15, -0.1) is 5.10 Å². The third-order valence-electron chi connectivity index (χ3n) is 2.83. The van der Waals surface area contributed by atoms with Crippen LogP contribution in [0.4, 0.5) is 11.5 Å². The highest BCUT2D eigenvalue weighted by Gasteiger charge is 2.24. The highest BCUT2D eigenvalue weighted by Crippen LogP contribution is 2.25. The SMILES string of the molecule is CN(CC1CNCCO1)c1nn(C)cc1[N+](=O)[O-]. The van der Waals surface area contributed by atoms with Gasteiger partial charge in [-0.05, 0) is 0 Å². The van der Waals surface area contributed by atoms with Crippen LogP contribution >= 0.6 is 0 Å². The van der Waals surface area contributed by atoms with Crippen molar-refractivity contribution in [1.29, 1.82) is 0 Å². The summed E-state index contributed by atoms with van der Waals surface area (Å²) in [6.45, 7) is 2.85. The number of hydrogen-bond donors (Lipinski definition) is 1. The van der Waals surface area contributed by atoms with Gasteiger partial charge in [-0.2, -0.15) is 0 Å². The molecule has 8 nitrogen and oxygen atoms in total. The molecule has 1 aliphatic heterocycles. The molecule has 0 aliphatic carbocycles. The molecule has 0 saturated carbocycles. The Kier molecular flexibility index (Phi) is 3.78. The molecule has 1 atom stereocenters. The number of nitrogens with one attached hydrogen (secondary N) is 1. The van der Waals surface area contributed by atoms with Gasteiger partial charge in [-0.25, -0.2) is 0 Å². The summed E-state index contributed by atoms with van der Waals surface area (Å²) in [5.41, 5.74) is 0.0174. The molecule has 1 N–H and O–H groups in total. The average molecular weight is 255 g/mol. The first kappa shape index (κ1) is 12.8. The van der Waals surface area contributed by atoms with E-state index in [4.69, 9.17) is 4.74 Å². The number of likely N-dealkylation sites (N-methyl/N-ethyl adjacent to an activating group) is 1. The smallest absolute Gasteiger partial charge is 0.330 e. The van der Waals surface area contributed by atoms with Gasteiger partial charge in [0, 0.05) is 33.7 Å². The van der Waals surface area contributed by atoms with Crippen LogP contribution in [0, 0.1) is 10.1 Å². The minimum absolute atomic E-state index is 0.0174. The van der Waals surface area contributed by atoms with E-state index in [1.807, 2.05) is 0 Å². The Bertz CT molecular complexity index is 427. The van der Waals surface area contributed by atoms with E-state index >= 15 is 0 Å². The van der Waals surface area contributed by atoms with Crippen molar-refractivity contribution in [2.45, 2.75) is 6.10 Å². The molecule has 1 saturated heterocycles. The Morgan fingerprint density at radius 2 is 2.56 bits per heavy atom. The van der Waals surface area contributed by atoms with Gasteiger partial charge in [-0.3, -0.25) is 14.8 Å². The van der Waals surface area contributed by atoms with E-state index in [0.717, 1.165) is 13.1 Å². The summed E-state index contributed by atoms with van der Waals surface area (Å²) in [5, 5.41) is 18.3. The predicted octanol–water partition coefficient (Wildman–Crippen LogP) is -0.247. The van der Waals surface area contributed by atoms with Crippen LogP contribution in [0.2, 0.25) is 0 Å². The second-order valence-electron chi connectivity index (χ2n) is 4.35. The summed E-state index contributed by atoms with van der Waals surface area (Å²) in [5.74, 6) is 0.372. The van der Waals surface area contributed by atoms with Crippen molar-refractivity contribution < 1.29 is 9.66 Å². The zero-order chi connectivity index (χ0) is 13.1. The first-order chi connectivity index (χ1) is 8.58. The molecule has 1 aromatic heterocycles. The van der Waals surface area contributed by atoms with Crippen molar-refractivity contribution in [3.63, 3.8) is 0 Å². The fourth-order valence-corrected chi connectivity index (χ4v) is 1.99. The molecular formula is C10H17N5O3. The second-order valence-corrected chi connectivity index (χ2v) is 4.35. The number of ether oxygens (including phenoxy) is 1. The first-order valence-electron chi connectivity index (χ1n) is 5.79. The fraction of sp³-hybridized carbons (Fsp3) is 0.700. The van der Waals surface area contributed by atoms with Gasteiger partial charge in [0.1, 0.15) is 6.20 Å². The molecule has 0 spiro atoms. The lowest BCUT2D eigenvalue weighted by atomic mass is 10.3. The van der Waals surface area contributed by atoms with Gasteiger partial charge in [0.15, 0.2) is 0 Å². The second kappa shape index (κ2) is 5.32. The van der Waals surface area contributed by atoms with Crippen molar-refractivity contribution in [1.82, 2.24) is 15.1 Å². The molecule has 0 radical (unpaired) electrons. The number of nitro groups is 1. The van der Waals surface area contributed by atoms with Crippen molar-refractivity contribution in [2.24, 2.45) is 7.05 Å². The van der Waals surface area contributed by atoms with Crippen LogP contribution in [-0.2, 0) is 11.8 Å². The number of morpholine rings is 1. The summed E-state index contributed by atoms with van der Waals surface area (Å²) < 4.78 is 7.02. The van der Waals surface area contributed by atoms with Gasteiger partial charge < -0.3 is 15.0 Å². The van der Waals surface area contributed by atoms with Crippen molar-refractivity contribution in [3.8, 4) is 0 Å². The Labute approximate surface area is 105 Å². The number of rotatable bonds is 4. The predicted molar refractivity (Wildman–Crippen MR) is 65.7 cm³/mol.